The van der Waals surface area contributed by atoms with Gasteiger partial charge in [0.15, 0.2) is 0 Å². The van der Waals surface area contributed by atoms with Crippen molar-refractivity contribution >= 4 is 5.91 Å². The minimum Gasteiger partial charge on any atom is -0.368 e. The van der Waals surface area contributed by atoms with Crippen molar-refractivity contribution in [2.24, 2.45) is 5.73 Å². The number of hydrogen-bond donors (Lipinski definition) is 2. The minimum absolute atomic E-state index is 0.476. The first-order valence-corrected chi connectivity index (χ1v) is 3.86. The highest BCUT2D eigenvalue weighted by Gasteiger charge is 2.32. The third-order valence-corrected chi connectivity index (χ3v) is 2.07. The Labute approximate surface area is 76.4 Å². The molecule has 0 bridgehead atoms. The molecule has 1 aromatic heterocycles. The Hall–Kier alpha value is -1.49. The Morgan fingerprint density at radius 3 is 2.69 bits per heavy atom. The summed E-state index contributed by atoms with van der Waals surface area (Å²) in [5.41, 5.74) is 4.81. The van der Waals surface area contributed by atoms with E-state index in [0.717, 1.165) is 0 Å². The van der Waals surface area contributed by atoms with Crippen molar-refractivity contribution in [3.8, 4) is 0 Å². The van der Waals surface area contributed by atoms with Crippen LogP contribution in [0.5, 0.6) is 0 Å². The minimum atomic E-state index is -0.950. The van der Waals surface area contributed by atoms with Gasteiger partial charge >= 0.3 is 0 Å². The molecule has 0 aromatic carbocycles. The molecule has 13 heavy (non-hydrogen) atoms. The second-order valence-corrected chi connectivity index (χ2v) is 2.83. The number of likely N-dealkylation sites (N-methyl/N-ethyl adjacent to an activating group) is 1. The van der Waals surface area contributed by atoms with Gasteiger partial charge in [-0.2, -0.15) is 0 Å². The van der Waals surface area contributed by atoms with E-state index in [9.17, 15) is 4.79 Å². The molecule has 1 heterocycles. The van der Waals surface area contributed by atoms with E-state index in [1.54, 1.807) is 20.2 Å². The zero-order valence-electron chi connectivity index (χ0n) is 7.61. The molecule has 0 aliphatic carbocycles. The van der Waals surface area contributed by atoms with E-state index in [-0.39, 0.29) is 0 Å². The number of nitrogens with one attached hydrogen (secondary N) is 1. The summed E-state index contributed by atoms with van der Waals surface area (Å²) in [6.45, 7) is 1.67. The van der Waals surface area contributed by atoms with Crippen molar-refractivity contribution < 1.29 is 4.79 Å². The molecule has 3 N–H and O–H groups in total. The number of hydrogen-bond acceptors (Lipinski definition) is 4. The molecule has 5 heteroatoms. The summed E-state index contributed by atoms with van der Waals surface area (Å²) in [5.74, 6) is -0.476. The van der Waals surface area contributed by atoms with Crippen molar-refractivity contribution in [1.29, 1.82) is 0 Å². The summed E-state index contributed by atoms with van der Waals surface area (Å²) in [5, 5.41) is 2.82. The second-order valence-electron chi connectivity index (χ2n) is 2.83. The zero-order valence-corrected chi connectivity index (χ0v) is 7.61. The third kappa shape index (κ3) is 1.65. The van der Waals surface area contributed by atoms with Crippen molar-refractivity contribution in [2.75, 3.05) is 7.05 Å². The Kier molecular flexibility index (Phi) is 2.57. The largest absolute Gasteiger partial charge is 0.368 e. The highest BCUT2D eigenvalue weighted by Crippen LogP contribution is 2.15. The third-order valence-electron chi connectivity index (χ3n) is 2.07. The number of amides is 1. The first-order chi connectivity index (χ1) is 6.11. The number of nitrogens with zero attached hydrogens (tertiary/aromatic N) is 2. The van der Waals surface area contributed by atoms with Crippen LogP contribution in [0.3, 0.4) is 0 Å². The van der Waals surface area contributed by atoms with Crippen LogP contribution in [0.4, 0.5) is 0 Å². The number of rotatable bonds is 3. The molecule has 1 rings (SSSR count). The molecule has 0 fully saturated rings. The average Bonchev–Trinajstić information content (AvgIpc) is 2.17. The van der Waals surface area contributed by atoms with Crippen LogP contribution in [0.1, 0.15) is 12.6 Å². The molecule has 0 radical (unpaired) electrons. The maximum Gasteiger partial charge on any atom is 0.243 e. The van der Waals surface area contributed by atoms with Crippen LogP contribution < -0.4 is 11.1 Å². The molecule has 1 aromatic rings. The lowest BCUT2D eigenvalue weighted by Gasteiger charge is -2.23. The van der Waals surface area contributed by atoms with Crippen LogP contribution in [-0.2, 0) is 10.3 Å². The number of nitrogens with two attached hydrogens (primary N) is 1. The van der Waals surface area contributed by atoms with Crippen LogP contribution in [0, 0.1) is 0 Å². The fraction of sp³-hybridized carbons (Fsp3) is 0.375. The molecular weight excluding hydrogens is 168 g/mol. The lowest BCUT2D eigenvalue weighted by Crippen LogP contribution is -2.49. The molecule has 0 aliphatic heterocycles. The topological polar surface area (TPSA) is 80.9 Å². The molecule has 5 nitrogen and oxygen atoms in total. The molecule has 0 aliphatic rings. The Bertz CT molecular complexity index is 300. The number of primary amides is 1. The predicted molar refractivity (Wildman–Crippen MR) is 47.6 cm³/mol. The highest BCUT2D eigenvalue weighted by atomic mass is 16.1. The summed E-state index contributed by atoms with van der Waals surface area (Å²) in [6, 6.07) is 0. The van der Waals surface area contributed by atoms with E-state index in [0.29, 0.717) is 5.69 Å². The van der Waals surface area contributed by atoms with Gasteiger partial charge in [-0.25, -0.2) is 0 Å². The molecule has 1 atom stereocenters. The molecular formula is C8H12N4O. The van der Waals surface area contributed by atoms with Gasteiger partial charge in [0.25, 0.3) is 0 Å². The second kappa shape index (κ2) is 3.49. The van der Waals surface area contributed by atoms with Crippen molar-refractivity contribution in [2.45, 2.75) is 12.5 Å². The molecule has 0 saturated carbocycles. The Balaban J connectivity index is 3.11. The maximum absolute atomic E-state index is 11.1. The smallest absolute Gasteiger partial charge is 0.243 e. The Morgan fingerprint density at radius 1 is 1.62 bits per heavy atom. The first kappa shape index (κ1) is 9.60. The highest BCUT2D eigenvalue weighted by molar-refractivity contribution is 5.84. The summed E-state index contributed by atoms with van der Waals surface area (Å²) >= 11 is 0. The van der Waals surface area contributed by atoms with E-state index in [1.807, 2.05) is 0 Å². The Morgan fingerprint density at radius 2 is 2.31 bits per heavy atom. The number of carbonyl (C=O) groups is 1. The standard InChI is InChI=1S/C8H12N4O/c1-8(10-2,7(9)13)6-5-11-3-4-12-6/h3-5,10H,1-2H3,(H2,9,13). The van der Waals surface area contributed by atoms with Crippen LogP contribution in [0.15, 0.2) is 18.6 Å². The number of carbonyl (C=O) groups excluding carboxylic acids is 1. The van der Waals surface area contributed by atoms with Gasteiger partial charge in [0, 0.05) is 12.4 Å². The van der Waals surface area contributed by atoms with Gasteiger partial charge in [-0.15, -0.1) is 0 Å². The van der Waals surface area contributed by atoms with Crippen LogP contribution in [0.2, 0.25) is 0 Å². The van der Waals surface area contributed by atoms with Crippen molar-refractivity contribution in [3.05, 3.63) is 24.3 Å². The van der Waals surface area contributed by atoms with Crippen molar-refractivity contribution in [1.82, 2.24) is 15.3 Å². The van der Waals surface area contributed by atoms with E-state index in [1.165, 1.54) is 12.4 Å². The fourth-order valence-electron chi connectivity index (χ4n) is 0.935. The normalized spacial score (nSPS) is 14.9. The monoisotopic (exact) mass is 180 g/mol. The van der Waals surface area contributed by atoms with Crippen LogP contribution in [-0.4, -0.2) is 22.9 Å². The lowest BCUT2D eigenvalue weighted by atomic mass is 9.98. The predicted octanol–water partition coefficient (Wildman–Crippen LogP) is -0.604. The van der Waals surface area contributed by atoms with E-state index in [4.69, 9.17) is 5.73 Å². The van der Waals surface area contributed by atoms with Crippen molar-refractivity contribution in [3.63, 3.8) is 0 Å². The van der Waals surface area contributed by atoms with Gasteiger partial charge in [0.2, 0.25) is 5.91 Å². The van der Waals surface area contributed by atoms with Gasteiger partial charge in [0.05, 0.1) is 11.9 Å². The van der Waals surface area contributed by atoms with Gasteiger partial charge in [-0.3, -0.25) is 14.8 Å². The summed E-state index contributed by atoms with van der Waals surface area (Å²) in [4.78, 5) is 19.0. The number of aromatic nitrogens is 2. The van der Waals surface area contributed by atoms with Crippen LogP contribution in [0.25, 0.3) is 0 Å². The lowest BCUT2D eigenvalue weighted by molar-refractivity contribution is -0.124. The van der Waals surface area contributed by atoms with E-state index in [2.05, 4.69) is 15.3 Å². The molecule has 0 spiro atoms. The summed E-state index contributed by atoms with van der Waals surface area (Å²) in [7, 11) is 1.65. The molecule has 1 amide bonds. The SMILES string of the molecule is CNC(C)(C(N)=O)c1cnccn1. The molecule has 0 saturated heterocycles. The van der Waals surface area contributed by atoms with Crippen LogP contribution >= 0.6 is 0 Å². The summed E-state index contributed by atoms with van der Waals surface area (Å²) < 4.78 is 0. The summed E-state index contributed by atoms with van der Waals surface area (Å²) in [6.07, 6.45) is 4.58. The van der Waals surface area contributed by atoms with E-state index < -0.39 is 11.4 Å². The van der Waals surface area contributed by atoms with Gasteiger partial charge in [0.1, 0.15) is 5.54 Å². The van der Waals surface area contributed by atoms with Gasteiger partial charge in [-0.05, 0) is 14.0 Å². The average molecular weight is 180 g/mol. The van der Waals surface area contributed by atoms with Gasteiger partial charge in [-0.1, -0.05) is 0 Å². The maximum atomic E-state index is 11.1. The first-order valence-electron chi connectivity index (χ1n) is 3.86. The quantitative estimate of drug-likeness (QED) is 0.650. The molecule has 70 valence electrons. The zero-order chi connectivity index (χ0) is 9.90. The fourth-order valence-corrected chi connectivity index (χ4v) is 0.935. The van der Waals surface area contributed by atoms with E-state index >= 15 is 0 Å². The molecule has 1 unspecified atom stereocenters. The van der Waals surface area contributed by atoms with Gasteiger partial charge < -0.3 is 11.1 Å².